The molecule has 3 atom stereocenters. The van der Waals surface area contributed by atoms with E-state index in [-0.39, 0.29) is 18.0 Å². The van der Waals surface area contributed by atoms with Crippen LogP contribution in [0.4, 0.5) is 15.9 Å². The number of hydrogen-bond acceptors (Lipinski definition) is 9. The Kier molecular flexibility index (Phi) is 10.3. The zero-order valence-corrected chi connectivity index (χ0v) is 26.4. The highest BCUT2D eigenvalue weighted by molar-refractivity contribution is 9.10. The summed E-state index contributed by atoms with van der Waals surface area (Å²) in [6.45, 7) is 6.05. The van der Waals surface area contributed by atoms with Crippen LogP contribution in [0.25, 0.3) is 10.9 Å². The first-order valence-electron chi connectivity index (χ1n) is 14.0. The normalized spacial score (nSPS) is 16.4. The maximum atomic E-state index is 14.6. The largest absolute Gasteiger partial charge is 0.496 e. The number of aromatic nitrogens is 2. The molecule has 1 saturated heterocycles. The van der Waals surface area contributed by atoms with Gasteiger partial charge in [0.05, 0.1) is 30.4 Å². The zero-order valence-electron chi connectivity index (χ0n) is 24.8. The smallest absolute Gasteiger partial charge is 0.249 e. The molecule has 5 N–H and O–H groups in total. The third-order valence-corrected chi connectivity index (χ3v) is 8.14. The summed E-state index contributed by atoms with van der Waals surface area (Å²) in [6.07, 6.45) is 3.11. The van der Waals surface area contributed by atoms with E-state index in [1.807, 2.05) is 19.9 Å². The van der Waals surface area contributed by atoms with E-state index in [4.69, 9.17) is 4.74 Å². The standard InChI is InChI=1S/C30H37BrFN7O4/c1-16(33-4)27(40)38-25(29(42)39-28(41)22-7-6-10-34-22)30(2,3)14-17-11-19-23(13-24(17)43-5)35-15-36-26(19)37-21-9-8-18(31)12-20(21)32/h8-9,11-13,15-16,22,25,33-34H,6-7,10,14H2,1-5H3,(H,38,40)(H,35,36,37)(H,39,41,42)/t16-,22-,25+/m0/s1. The van der Waals surface area contributed by atoms with Crippen LogP contribution in [0.3, 0.4) is 0 Å². The number of anilines is 2. The molecule has 4 rings (SSSR count). The maximum absolute atomic E-state index is 14.6. The molecule has 3 amide bonds. The number of halogens is 2. The Morgan fingerprint density at radius 2 is 1.95 bits per heavy atom. The molecule has 1 aliphatic rings. The molecule has 230 valence electrons. The van der Waals surface area contributed by atoms with E-state index in [1.165, 1.54) is 19.5 Å². The number of fused-ring (bicyclic) bond motifs is 1. The highest BCUT2D eigenvalue weighted by atomic mass is 79.9. The van der Waals surface area contributed by atoms with Crippen LogP contribution in [0, 0.1) is 11.2 Å². The van der Waals surface area contributed by atoms with Gasteiger partial charge in [0.15, 0.2) is 0 Å². The molecule has 0 radical (unpaired) electrons. The van der Waals surface area contributed by atoms with Crippen molar-refractivity contribution in [3.63, 3.8) is 0 Å². The number of benzene rings is 2. The van der Waals surface area contributed by atoms with Crippen LogP contribution < -0.4 is 31.3 Å². The van der Waals surface area contributed by atoms with Gasteiger partial charge in [-0.2, -0.15) is 0 Å². The summed E-state index contributed by atoms with van der Waals surface area (Å²) in [7, 11) is 3.18. The molecule has 0 spiro atoms. The van der Waals surface area contributed by atoms with Crippen LogP contribution in [0.2, 0.25) is 0 Å². The van der Waals surface area contributed by atoms with E-state index in [0.717, 1.165) is 6.42 Å². The molecule has 0 aliphatic carbocycles. The van der Waals surface area contributed by atoms with Crippen LogP contribution in [-0.4, -0.2) is 66.5 Å². The minimum Gasteiger partial charge on any atom is -0.496 e. The summed E-state index contributed by atoms with van der Waals surface area (Å²) >= 11 is 3.27. The van der Waals surface area contributed by atoms with Gasteiger partial charge in [0.1, 0.15) is 29.8 Å². The molecule has 0 unspecified atom stereocenters. The summed E-state index contributed by atoms with van der Waals surface area (Å²) in [5.41, 5.74) is 0.596. The average Bonchev–Trinajstić information content (AvgIpc) is 3.52. The number of nitrogens with one attached hydrogen (secondary N) is 5. The highest BCUT2D eigenvalue weighted by Gasteiger charge is 2.39. The van der Waals surface area contributed by atoms with Crippen molar-refractivity contribution in [3.8, 4) is 5.75 Å². The van der Waals surface area contributed by atoms with E-state index in [0.29, 0.717) is 45.5 Å². The molecular weight excluding hydrogens is 621 g/mol. The number of ether oxygens (including phenoxy) is 1. The Morgan fingerprint density at radius 1 is 1.19 bits per heavy atom. The summed E-state index contributed by atoms with van der Waals surface area (Å²) in [5, 5.41) is 15.0. The molecule has 0 saturated carbocycles. The van der Waals surface area contributed by atoms with Gasteiger partial charge >= 0.3 is 0 Å². The summed E-state index contributed by atoms with van der Waals surface area (Å²) in [5.74, 6) is -0.969. The lowest BCUT2D eigenvalue weighted by Gasteiger charge is -2.35. The number of imide groups is 1. The molecule has 0 bridgehead atoms. The lowest BCUT2D eigenvalue weighted by atomic mass is 9.77. The number of nitrogens with zero attached hydrogens (tertiary/aromatic N) is 2. The Morgan fingerprint density at radius 3 is 2.60 bits per heavy atom. The third kappa shape index (κ3) is 7.64. The summed E-state index contributed by atoms with van der Waals surface area (Å²) in [4.78, 5) is 48.1. The predicted molar refractivity (Wildman–Crippen MR) is 166 cm³/mol. The van der Waals surface area contributed by atoms with E-state index in [1.54, 1.807) is 32.2 Å². The lowest BCUT2D eigenvalue weighted by Crippen LogP contribution is -2.59. The second-order valence-corrected chi connectivity index (χ2v) is 12.2. The number of rotatable bonds is 11. The fraction of sp³-hybridized carbons (Fsp3) is 0.433. The van der Waals surface area contributed by atoms with Gasteiger partial charge in [-0.15, -0.1) is 0 Å². The molecule has 1 fully saturated rings. The van der Waals surface area contributed by atoms with E-state index < -0.39 is 41.2 Å². The highest BCUT2D eigenvalue weighted by Crippen LogP contribution is 2.36. The second kappa shape index (κ2) is 13.7. The molecular formula is C30H37BrFN7O4. The van der Waals surface area contributed by atoms with Crippen LogP contribution in [0.15, 0.2) is 41.1 Å². The van der Waals surface area contributed by atoms with Crippen molar-refractivity contribution >= 4 is 56.1 Å². The van der Waals surface area contributed by atoms with Gasteiger partial charge in [-0.25, -0.2) is 14.4 Å². The van der Waals surface area contributed by atoms with Crippen LogP contribution in [0.5, 0.6) is 5.75 Å². The van der Waals surface area contributed by atoms with Gasteiger partial charge in [0, 0.05) is 15.9 Å². The van der Waals surface area contributed by atoms with Gasteiger partial charge in [0.2, 0.25) is 17.7 Å². The van der Waals surface area contributed by atoms with Crippen LogP contribution in [-0.2, 0) is 20.8 Å². The molecule has 2 heterocycles. The van der Waals surface area contributed by atoms with Crippen molar-refractivity contribution in [2.45, 2.75) is 58.2 Å². The number of carbonyl (C=O) groups excluding carboxylic acids is 3. The lowest BCUT2D eigenvalue weighted by molar-refractivity contribution is -0.137. The number of hydrogen-bond donors (Lipinski definition) is 5. The van der Waals surface area contributed by atoms with E-state index >= 15 is 0 Å². The van der Waals surface area contributed by atoms with Crippen molar-refractivity contribution in [2.75, 3.05) is 26.0 Å². The number of carbonyl (C=O) groups is 3. The Hall–Kier alpha value is -3.68. The number of likely N-dealkylation sites (N-methyl/N-ethyl adjacent to an activating group) is 1. The van der Waals surface area contributed by atoms with Gasteiger partial charge in [-0.3, -0.25) is 19.7 Å². The topological polar surface area (TPSA) is 146 Å². The SMILES string of the molecule is CN[C@@H](C)C(=O)N[C@H](C(=O)NC(=O)[C@@H]1CCCN1)C(C)(C)Cc1cc2c(Nc3ccc(Br)cc3F)ncnc2cc1OC. The zero-order chi connectivity index (χ0) is 31.3. The van der Waals surface area contributed by atoms with Crippen molar-refractivity contribution in [1.29, 1.82) is 0 Å². The van der Waals surface area contributed by atoms with Gasteiger partial charge in [-0.1, -0.05) is 29.8 Å². The maximum Gasteiger partial charge on any atom is 0.249 e. The molecule has 43 heavy (non-hydrogen) atoms. The summed E-state index contributed by atoms with van der Waals surface area (Å²) in [6, 6.07) is 6.15. The van der Waals surface area contributed by atoms with Crippen molar-refractivity contribution in [3.05, 3.63) is 52.5 Å². The Balaban J connectivity index is 1.68. The fourth-order valence-electron chi connectivity index (χ4n) is 5.07. The molecule has 1 aromatic heterocycles. The quantitative estimate of drug-likeness (QED) is 0.210. The predicted octanol–water partition coefficient (Wildman–Crippen LogP) is 3.34. The van der Waals surface area contributed by atoms with Crippen molar-refractivity contribution in [1.82, 2.24) is 31.2 Å². The van der Waals surface area contributed by atoms with Crippen LogP contribution in [0.1, 0.15) is 39.2 Å². The van der Waals surface area contributed by atoms with Gasteiger partial charge in [0.25, 0.3) is 0 Å². The van der Waals surface area contributed by atoms with Gasteiger partial charge in [-0.05, 0) is 75.0 Å². The Labute approximate surface area is 258 Å². The van der Waals surface area contributed by atoms with Gasteiger partial charge < -0.3 is 26.0 Å². The second-order valence-electron chi connectivity index (χ2n) is 11.3. The van der Waals surface area contributed by atoms with Crippen molar-refractivity contribution in [2.24, 2.45) is 5.41 Å². The molecule has 1 aliphatic heterocycles. The van der Waals surface area contributed by atoms with Crippen molar-refractivity contribution < 1.29 is 23.5 Å². The third-order valence-electron chi connectivity index (χ3n) is 7.65. The minimum absolute atomic E-state index is 0.236. The van der Waals surface area contributed by atoms with E-state index in [9.17, 15) is 18.8 Å². The number of amides is 3. The van der Waals surface area contributed by atoms with E-state index in [2.05, 4.69) is 52.5 Å². The molecule has 11 nitrogen and oxygen atoms in total. The minimum atomic E-state index is -1.07. The average molecular weight is 659 g/mol. The first-order chi connectivity index (χ1) is 20.4. The molecule has 2 aromatic carbocycles. The summed E-state index contributed by atoms with van der Waals surface area (Å²) < 4.78 is 20.9. The fourth-order valence-corrected chi connectivity index (χ4v) is 5.40. The number of methoxy groups -OCH3 is 1. The molecule has 13 heteroatoms. The Bertz CT molecular complexity index is 1510. The first-order valence-corrected chi connectivity index (χ1v) is 14.8. The first kappa shape index (κ1) is 32.2. The molecule has 3 aromatic rings. The monoisotopic (exact) mass is 657 g/mol. The van der Waals surface area contributed by atoms with Crippen LogP contribution >= 0.6 is 15.9 Å².